The average molecular weight is 290 g/mol. The first-order valence-electron chi connectivity index (χ1n) is 8.68. The van der Waals surface area contributed by atoms with Crippen LogP contribution in [-0.4, -0.2) is 40.9 Å². The van der Waals surface area contributed by atoms with E-state index in [4.69, 9.17) is 5.10 Å². The van der Waals surface area contributed by atoms with Gasteiger partial charge in [-0.15, -0.1) is 0 Å². The average Bonchev–Trinajstić information content (AvgIpc) is 2.96. The fraction of sp³-hybridized carbons (Fsp3) is 0.824. The number of likely N-dealkylation sites (tertiary alicyclic amines) is 1. The Balaban J connectivity index is 1.50. The Bertz CT molecular complexity index is 436. The molecule has 1 aliphatic carbocycles. The summed E-state index contributed by atoms with van der Waals surface area (Å²) in [5, 5.41) is 8.52. The highest BCUT2D eigenvalue weighted by Gasteiger charge is 2.23. The molecule has 1 N–H and O–H groups in total. The van der Waals surface area contributed by atoms with Gasteiger partial charge in [0.15, 0.2) is 0 Å². The van der Waals surface area contributed by atoms with Gasteiger partial charge in [0, 0.05) is 25.3 Å². The number of nitrogens with one attached hydrogen (secondary N) is 1. The summed E-state index contributed by atoms with van der Waals surface area (Å²) in [5.41, 5.74) is 1.20. The lowest BCUT2D eigenvalue weighted by molar-refractivity contribution is 0.174. The molecule has 2 heterocycles. The molecule has 0 bridgehead atoms. The maximum atomic E-state index is 4.80. The summed E-state index contributed by atoms with van der Waals surface area (Å²) in [6, 6.07) is 3.48. The molecular formula is C17H30N4. The van der Waals surface area contributed by atoms with Gasteiger partial charge in [0.1, 0.15) is 0 Å². The fourth-order valence-electron chi connectivity index (χ4n) is 3.91. The zero-order chi connectivity index (χ0) is 14.7. The van der Waals surface area contributed by atoms with Crippen molar-refractivity contribution in [2.45, 2.75) is 64.1 Å². The number of hydrogen-bond acceptors (Lipinski definition) is 3. The summed E-state index contributed by atoms with van der Waals surface area (Å²) in [6.07, 6.45) is 10.2. The summed E-state index contributed by atoms with van der Waals surface area (Å²) in [7, 11) is 2.22. The van der Waals surface area contributed by atoms with Crippen LogP contribution < -0.4 is 5.32 Å². The van der Waals surface area contributed by atoms with E-state index in [-0.39, 0.29) is 0 Å². The summed E-state index contributed by atoms with van der Waals surface area (Å²) in [6.45, 7) is 5.68. The number of hydrogen-bond donors (Lipinski definition) is 1. The van der Waals surface area contributed by atoms with E-state index < -0.39 is 0 Å². The molecule has 1 aromatic rings. The molecule has 0 aromatic carbocycles. The Labute approximate surface area is 128 Å². The van der Waals surface area contributed by atoms with E-state index in [9.17, 15) is 0 Å². The quantitative estimate of drug-likeness (QED) is 0.925. The van der Waals surface area contributed by atoms with Crippen molar-refractivity contribution in [2.75, 3.05) is 20.1 Å². The van der Waals surface area contributed by atoms with E-state index in [2.05, 4.69) is 41.1 Å². The lowest BCUT2D eigenvalue weighted by Crippen LogP contribution is -2.46. The number of rotatable bonds is 4. The van der Waals surface area contributed by atoms with Gasteiger partial charge in [0.05, 0.1) is 11.7 Å². The van der Waals surface area contributed by atoms with Crippen LogP contribution in [0.5, 0.6) is 0 Å². The highest BCUT2D eigenvalue weighted by molar-refractivity contribution is 5.00. The van der Waals surface area contributed by atoms with Crippen LogP contribution >= 0.6 is 0 Å². The predicted octanol–water partition coefficient (Wildman–Crippen LogP) is 2.82. The first-order chi connectivity index (χ1) is 10.2. The summed E-state index contributed by atoms with van der Waals surface area (Å²) < 4.78 is 2.22. The van der Waals surface area contributed by atoms with Crippen LogP contribution in [0.4, 0.5) is 0 Å². The molecule has 118 valence electrons. The third-order valence-electron chi connectivity index (χ3n) is 5.27. The molecular weight excluding hydrogens is 260 g/mol. The maximum absolute atomic E-state index is 4.80. The van der Waals surface area contributed by atoms with Crippen molar-refractivity contribution in [2.24, 2.45) is 5.92 Å². The topological polar surface area (TPSA) is 33.1 Å². The smallest absolute Gasteiger partial charge is 0.0762 e. The minimum atomic E-state index is 0.640. The van der Waals surface area contributed by atoms with E-state index in [1.165, 1.54) is 57.3 Å². The predicted molar refractivity (Wildman–Crippen MR) is 86.3 cm³/mol. The zero-order valence-corrected chi connectivity index (χ0v) is 13.6. The van der Waals surface area contributed by atoms with Gasteiger partial charge in [0.25, 0.3) is 0 Å². The third-order valence-corrected chi connectivity index (χ3v) is 5.27. The van der Waals surface area contributed by atoms with Crippen LogP contribution in [-0.2, 0) is 6.54 Å². The van der Waals surface area contributed by atoms with Crippen LogP contribution in [0, 0.1) is 5.92 Å². The molecule has 0 radical (unpaired) electrons. The number of aromatic nitrogens is 2. The molecule has 1 aliphatic heterocycles. The molecule has 4 heteroatoms. The van der Waals surface area contributed by atoms with Crippen LogP contribution in [0.1, 0.15) is 57.2 Å². The van der Waals surface area contributed by atoms with Crippen molar-refractivity contribution in [1.82, 2.24) is 20.0 Å². The molecule has 21 heavy (non-hydrogen) atoms. The molecule has 2 atom stereocenters. The van der Waals surface area contributed by atoms with Crippen molar-refractivity contribution in [3.8, 4) is 0 Å². The van der Waals surface area contributed by atoms with Gasteiger partial charge in [-0.1, -0.05) is 26.2 Å². The molecule has 2 aliphatic rings. The van der Waals surface area contributed by atoms with Crippen LogP contribution in [0.2, 0.25) is 0 Å². The minimum Gasteiger partial charge on any atom is -0.308 e. The Morgan fingerprint density at radius 1 is 1.24 bits per heavy atom. The van der Waals surface area contributed by atoms with Crippen molar-refractivity contribution in [1.29, 1.82) is 0 Å². The lowest BCUT2D eigenvalue weighted by Gasteiger charge is -2.35. The van der Waals surface area contributed by atoms with E-state index in [0.717, 1.165) is 12.5 Å². The van der Waals surface area contributed by atoms with Crippen LogP contribution in [0.15, 0.2) is 12.3 Å². The van der Waals surface area contributed by atoms with E-state index >= 15 is 0 Å². The maximum Gasteiger partial charge on any atom is 0.0762 e. The largest absolute Gasteiger partial charge is 0.308 e. The molecule has 0 amide bonds. The molecule has 2 fully saturated rings. The van der Waals surface area contributed by atoms with E-state index in [1.54, 1.807) is 0 Å². The monoisotopic (exact) mass is 290 g/mol. The Kier molecular flexibility index (Phi) is 4.96. The third kappa shape index (κ3) is 3.86. The highest BCUT2D eigenvalue weighted by atomic mass is 15.3. The van der Waals surface area contributed by atoms with Gasteiger partial charge in [-0.05, 0) is 44.8 Å². The van der Waals surface area contributed by atoms with Gasteiger partial charge >= 0.3 is 0 Å². The molecule has 4 nitrogen and oxygen atoms in total. The standard InChI is InChI=1S/C17H30N4/c1-14-13-20(2)10-9-17(14)18-12-15-8-11-21(19-15)16-6-4-3-5-7-16/h8,11,14,16-18H,3-7,9-10,12-13H2,1-2H3. The Morgan fingerprint density at radius 2 is 2.05 bits per heavy atom. The first-order valence-corrected chi connectivity index (χ1v) is 8.68. The van der Waals surface area contributed by atoms with Gasteiger partial charge in [0.2, 0.25) is 0 Å². The van der Waals surface area contributed by atoms with Crippen LogP contribution in [0.25, 0.3) is 0 Å². The van der Waals surface area contributed by atoms with Crippen molar-refractivity contribution in [3.05, 3.63) is 18.0 Å². The molecule has 0 spiro atoms. The van der Waals surface area contributed by atoms with Gasteiger partial charge in [-0.3, -0.25) is 4.68 Å². The second-order valence-electron chi connectivity index (χ2n) is 7.09. The summed E-state index contributed by atoms with van der Waals surface area (Å²) in [5.74, 6) is 0.726. The van der Waals surface area contributed by atoms with Gasteiger partial charge in [-0.2, -0.15) is 5.10 Å². The fourth-order valence-corrected chi connectivity index (χ4v) is 3.91. The summed E-state index contributed by atoms with van der Waals surface area (Å²) in [4.78, 5) is 2.43. The van der Waals surface area contributed by atoms with Gasteiger partial charge < -0.3 is 10.2 Å². The lowest BCUT2D eigenvalue weighted by atomic mass is 9.94. The number of nitrogens with zero attached hydrogens (tertiary/aromatic N) is 3. The first kappa shape index (κ1) is 15.0. The summed E-state index contributed by atoms with van der Waals surface area (Å²) >= 11 is 0. The van der Waals surface area contributed by atoms with Gasteiger partial charge in [-0.25, -0.2) is 0 Å². The zero-order valence-electron chi connectivity index (χ0n) is 13.6. The molecule has 2 unspecified atom stereocenters. The molecule has 3 rings (SSSR count). The molecule has 1 saturated carbocycles. The van der Waals surface area contributed by atoms with Crippen molar-refractivity contribution in [3.63, 3.8) is 0 Å². The molecule has 1 aromatic heterocycles. The normalized spacial score (nSPS) is 28.9. The highest BCUT2D eigenvalue weighted by Crippen LogP contribution is 2.27. The van der Waals surface area contributed by atoms with E-state index in [0.29, 0.717) is 12.1 Å². The van der Waals surface area contributed by atoms with Crippen LogP contribution in [0.3, 0.4) is 0 Å². The molecule has 1 saturated heterocycles. The number of piperidine rings is 1. The van der Waals surface area contributed by atoms with E-state index in [1.807, 2.05) is 0 Å². The second-order valence-corrected chi connectivity index (χ2v) is 7.09. The Morgan fingerprint density at radius 3 is 2.81 bits per heavy atom. The second kappa shape index (κ2) is 6.93. The van der Waals surface area contributed by atoms with Crippen molar-refractivity contribution >= 4 is 0 Å². The minimum absolute atomic E-state index is 0.640. The Hall–Kier alpha value is -0.870. The van der Waals surface area contributed by atoms with Crippen molar-refractivity contribution < 1.29 is 0 Å². The SMILES string of the molecule is CC1CN(C)CCC1NCc1ccn(C2CCCCC2)n1.